The summed E-state index contributed by atoms with van der Waals surface area (Å²) in [5.41, 5.74) is 6.30. The maximum Gasteiger partial charge on any atom is 0.222 e. The standard InChI is InChI=1S/C10H10N2O3S/c1-16(13,14)9-5-3-2-4-7(9)8-6-10(11)15-12-8/h2-6H,11H2,1H3. The van der Waals surface area contributed by atoms with Gasteiger partial charge < -0.3 is 10.3 Å². The Balaban J connectivity index is 2.66. The van der Waals surface area contributed by atoms with Crippen LogP contribution in [0.1, 0.15) is 0 Å². The quantitative estimate of drug-likeness (QED) is 0.852. The lowest BCUT2D eigenvalue weighted by Gasteiger charge is -2.03. The van der Waals surface area contributed by atoms with Gasteiger partial charge in [-0.05, 0) is 6.07 Å². The number of aromatic nitrogens is 1. The highest BCUT2D eigenvalue weighted by atomic mass is 32.2. The second-order valence-corrected chi connectivity index (χ2v) is 5.37. The largest absolute Gasteiger partial charge is 0.368 e. The number of nitrogens with two attached hydrogens (primary N) is 1. The summed E-state index contributed by atoms with van der Waals surface area (Å²) >= 11 is 0. The topological polar surface area (TPSA) is 86.2 Å². The molecule has 0 spiro atoms. The molecule has 0 amide bonds. The highest BCUT2D eigenvalue weighted by molar-refractivity contribution is 7.90. The molecule has 0 aliphatic carbocycles. The van der Waals surface area contributed by atoms with Crippen molar-refractivity contribution in [2.45, 2.75) is 4.90 Å². The van der Waals surface area contributed by atoms with Crippen LogP contribution in [0.2, 0.25) is 0 Å². The van der Waals surface area contributed by atoms with E-state index in [4.69, 9.17) is 10.3 Å². The van der Waals surface area contributed by atoms with E-state index in [1.54, 1.807) is 18.2 Å². The molecule has 0 unspecified atom stereocenters. The van der Waals surface area contributed by atoms with Crippen LogP contribution in [0.4, 0.5) is 5.88 Å². The average Bonchev–Trinajstić information content (AvgIpc) is 2.64. The molecule has 1 aromatic carbocycles. The van der Waals surface area contributed by atoms with Crippen LogP contribution < -0.4 is 5.73 Å². The zero-order valence-corrected chi connectivity index (χ0v) is 9.36. The fourth-order valence-electron chi connectivity index (χ4n) is 1.42. The van der Waals surface area contributed by atoms with Crippen LogP contribution in [0.3, 0.4) is 0 Å². The molecule has 2 rings (SSSR count). The zero-order valence-electron chi connectivity index (χ0n) is 8.54. The summed E-state index contributed by atoms with van der Waals surface area (Å²) in [6.45, 7) is 0. The molecule has 5 nitrogen and oxygen atoms in total. The molecule has 6 heteroatoms. The van der Waals surface area contributed by atoms with Gasteiger partial charge >= 0.3 is 0 Å². The minimum atomic E-state index is -3.29. The van der Waals surface area contributed by atoms with Crippen molar-refractivity contribution in [3.63, 3.8) is 0 Å². The third kappa shape index (κ3) is 1.92. The van der Waals surface area contributed by atoms with Crippen molar-refractivity contribution in [2.24, 2.45) is 0 Å². The summed E-state index contributed by atoms with van der Waals surface area (Å²) in [5.74, 6) is 0.151. The second-order valence-electron chi connectivity index (χ2n) is 3.38. The monoisotopic (exact) mass is 238 g/mol. The number of sulfone groups is 1. The van der Waals surface area contributed by atoms with E-state index in [0.717, 1.165) is 6.26 Å². The molecule has 0 radical (unpaired) electrons. The molecule has 16 heavy (non-hydrogen) atoms. The van der Waals surface area contributed by atoms with Crippen LogP contribution >= 0.6 is 0 Å². The van der Waals surface area contributed by atoms with Gasteiger partial charge in [0.15, 0.2) is 9.84 Å². The van der Waals surface area contributed by atoms with Crippen LogP contribution in [-0.2, 0) is 9.84 Å². The van der Waals surface area contributed by atoms with Crippen molar-refractivity contribution in [1.82, 2.24) is 5.16 Å². The summed E-state index contributed by atoms with van der Waals surface area (Å²) in [5, 5.41) is 3.70. The van der Waals surface area contributed by atoms with Gasteiger partial charge in [-0.3, -0.25) is 0 Å². The highest BCUT2D eigenvalue weighted by Crippen LogP contribution is 2.27. The van der Waals surface area contributed by atoms with Crippen molar-refractivity contribution >= 4 is 15.7 Å². The van der Waals surface area contributed by atoms with Gasteiger partial charge in [-0.2, -0.15) is 0 Å². The van der Waals surface area contributed by atoms with Crippen molar-refractivity contribution in [3.8, 4) is 11.3 Å². The molecule has 2 N–H and O–H groups in total. The first kappa shape index (κ1) is 10.7. The third-order valence-electron chi connectivity index (χ3n) is 2.09. The lowest BCUT2D eigenvalue weighted by molar-refractivity contribution is 0.439. The Morgan fingerprint density at radius 3 is 2.56 bits per heavy atom. The predicted octanol–water partition coefficient (Wildman–Crippen LogP) is 1.33. The molecule has 0 atom stereocenters. The van der Waals surface area contributed by atoms with Crippen LogP contribution in [0.5, 0.6) is 0 Å². The van der Waals surface area contributed by atoms with Crippen molar-refractivity contribution in [1.29, 1.82) is 0 Å². The molecule has 0 aliphatic heterocycles. The van der Waals surface area contributed by atoms with E-state index in [1.165, 1.54) is 12.1 Å². The summed E-state index contributed by atoms with van der Waals surface area (Å²) in [7, 11) is -3.29. The Kier molecular flexibility index (Phi) is 2.43. The molecule has 1 aromatic heterocycles. The fraction of sp³-hybridized carbons (Fsp3) is 0.100. The summed E-state index contributed by atoms with van der Waals surface area (Å²) in [6, 6.07) is 8.06. The van der Waals surface area contributed by atoms with Crippen molar-refractivity contribution < 1.29 is 12.9 Å². The number of benzene rings is 1. The molecule has 0 aliphatic rings. The summed E-state index contributed by atoms with van der Waals surface area (Å²) in [6.07, 6.45) is 1.15. The van der Waals surface area contributed by atoms with Gasteiger partial charge in [-0.25, -0.2) is 8.42 Å². The molecule has 0 saturated heterocycles. The van der Waals surface area contributed by atoms with E-state index in [2.05, 4.69) is 5.16 Å². The first-order valence-electron chi connectivity index (χ1n) is 4.50. The number of anilines is 1. The van der Waals surface area contributed by atoms with Gasteiger partial charge in [-0.15, -0.1) is 0 Å². The molecule has 84 valence electrons. The number of rotatable bonds is 2. The van der Waals surface area contributed by atoms with Crippen LogP contribution in [-0.4, -0.2) is 19.8 Å². The maximum atomic E-state index is 11.5. The van der Waals surface area contributed by atoms with Crippen molar-refractivity contribution in [3.05, 3.63) is 30.3 Å². The van der Waals surface area contributed by atoms with Crippen LogP contribution in [0.15, 0.2) is 39.8 Å². The van der Waals surface area contributed by atoms with E-state index < -0.39 is 9.84 Å². The van der Waals surface area contributed by atoms with Crippen LogP contribution in [0.25, 0.3) is 11.3 Å². The number of hydrogen-bond donors (Lipinski definition) is 1. The SMILES string of the molecule is CS(=O)(=O)c1ccccc1-c1cc(N)on1. The molecular formula is C10H10N2O3S. The fourth-order valence-corrected chi connectivity index (χ4v) is 2.32. The van der Waals surface area contributed by atoms with Gasteiger partial charge in [-0.1, -0.05) is 23.4 Å². The van der Waals surface area contributed by atoms with Crippen molar-refractivity contribution in [2.75, 3.05) is 12.0 Å². The van der Waals surface area contributed by atoms with Gasteiger partial charge in [0.2, 0.25) is 5.88 Å². The predicted molar refractivity (Wildman–Crippen MR) is 59.5 cm³/mol. The normalized spacial score (nSPS) is 11.6. The van der Waals surface area contributed by atoms with E-state index in [9.17, 15) is 8.42 Å². The average molecular weight is 238 g/mol. The Bertz CT molecular complexity index is 616. The molecular weight excluding hydrogens is 228 g/mol. The zero-order chi connectivity index (χ0) is 11.8. The molecule has 0 fully saturated rings. The minimum absolute atomic E-state index is 0.151. The Hall–Kier alpha value is -1.82. The lowest BCUT2D eigenvalue weighted by Crippen LogP contribution is -1.99. The Morgan fingerprint density at radius 2 is 2.00 bits per heavy atom. The molecule has 2 aromatic rings. The van der Waals surface area contributed by atoms with E-state index in [0.29, 0.717) is 11.3 Å². The Labute approximate surface area is 92.8 Å². The molecule has 0 bridgehead atoms. The van der Waals surface area contributed by atoms with Crippen LogP contribution in [0, 0.1) is 0 Å². The summed E-state index contributed by atoms with van der Waals surface area (Å²) in [4.78, 5) is 0.211. The maximum absolute atomic E-state index is 11.5. The van der Waals surface area contributed by atoms with E-state index in [-0.39, 0.29) is 10.8 Å². The molecule has 1 heterocycles. The van der Waals surface area contributed by atoms with Gasteiger partial charge in [0, 0.05) is 17.9 Å². The number of hydrogen-bond acceptors (Lipinski definition) is 5. The molecule has 0 saturated carbocycles. The number of nitrogens with zero attached hydrogens (tertiary/aromatic N) is 1. The Morgan fingerprint density at radius 1 is 1.31 bits per heavy atom. The van der Waals surface area contributed by atoms with E-state index >= 15 is 0 Å². The minimum Gasteiger partial charge on any atom is -0.368 e. The van der Waals surface area contributed by atoms with Gasteiger partial charge in [0.25, 0.3) is 0 Å². The third-order valence-corrected chi connectivity index (χ3v) is 3.25. The summed E-state index contributed by atoms with van der Waals surface area (Å²) < 4.78 is 27.8. The van der Waals surface area contributed by atoms with Gasteiger partial charge in [0.05, 0.1) is 4.90 Å². The first-order chi connectivity index (χ1) is 7.48. The lowest BCUT2D eigenvalue weighted by atomic mass is 10.1. The van der Waals surface area contributed by atoms with Gasteiger partial charge in [0.1, 0.15) is 5.69 Å². The highest BCUT2D eigenvalue weighted by Gasteiger charge is 2.16. The first-order valence-corrected chi connectivity index (χ1v) is 6.39. The second kappa shape index (κ2) is 3.64. The number of nitrogen functional groups attached to an aromatic ring is 1. The smallest absolute Gasteiger partial charge is 0.222 e. The van der Waals surface area contributed by atoms with E-state index in [1.807, 2.05) is 0 Å².